The first-order valence-corrected chi connectivity index (χ1v) is 6.10. The lowest BCUT2D eigenvalue weighted by atomic mass is 9.96. The third-order valence-electron chi connectivity index (χ3n) is 3.46. The molecule has 0 aromatic carbocycles. The Labute approximate surface area is 97.4 Å². The molecule has 0 aromatic heterocycles. The summed E-state index contributed by atoms with van der Waals surface area (Å²) in [5.41, 5.74) is 0. The van der Waals surface area contributed by atoms with E-state index in [1.165, 1.54) is 0 Å². The van der Waals surface area contributed by atoms with Crippen molar-refractivity contribution < 1.29 is 14.6 Å². The standard InChI is InChI=1S/C12H23NO3/c1-9(6-7-16-2)13-8-10-4-3-5-11(10)12(14)15/h9-11,13H,3-8H2,1-2H3,(H,14,15). The summed E-state index contributed by atoms with van der Waals surface area (Å²) in [5.74, 6) is -0.460. The molecule has 0 amide bonds. The second-order valence-corrected chi connectivity index (χ2v) is 4.73. The summed E-state index contributed by atoms with van der Waals surface area (Å²) in [7, 11) is 1.70. The van der Waals surface area contributed by atoms with Crippen LogP contribution in [0.25, 0.3) is 0 Å². The molecule has 1 rings (SSSR count). The summed E-state index contributed by atoms with van der Waals surface area (Å²) in [6.07, 6.45) is 3.91. The quantitative estimate of drug-likeness (QED) is 0.694. The van der Waals surface area contributed by atoms with E-state index in [2.05, 4.69) is 12.2 Å². The number of aliphatic carboxylic acids is 1. The predicted octanol–water partition coefficient (Wildman–Crippen LogP) is 1.50. The van der Waals surface area contributed by atoms with E-state index >= 15 is 0 Å². The summed E-state index contributed by atoms with van der Waals surface area (Å²) < 4.78 is 5.01. The number of nitrogens with one attached hydrogen (secondary N) is 1. The Balaban J connectivity index is 2.23. The molecular weight excluding hydrogens is 206 g/mol. The SMILES string of the molecule is COCCC(C)NCC1CCCC1C(=O)O. The second-order valence-electron chi connectivity index (χ2n) is 4.73. The minimum Gasteiger partial charge on any atom is -0.481 e. The summed E-state index contributed by atoms with van der Waals surface area (Å²) in [4.78, 5) is 11.0. The Hall–Kier alpha value is -0.610. The topological polar surface area (TPSA) is 58.6 Å². The van der Waals surface area contributed by atoms with Crippen LogP contribution in [0.2, 0.25) is 0 Å². The molecule has 2 N–H and O–H groups in total. The van der Waals surface area contributed by atoms with Crippen molar-refractivity contribution in [3.05, 3.63) is 0 Å². The largest absolute Gasteiger partial charge is 0.481 e. The van der Waals surface area contributed by atoms with Crippen LogP contribution in [0, 0.1) is 11.8 Å². The number of hydrogen-bond donors (Lipinski definition) is 2. The van der Waals surface area contributed by atoms with Crippen molar-refractivity contribution in [2.75, 3.05) is 20.3 Å². The Morgan fingerprint density at radius 3 is 2.94 bits per heavy atom. The zero-order chi connectivity index (χ0) is 12.0. The average Bonchev–Trinajstić information content (AvgIpc) is 2.71. The summed E-state index contributed by atoms with van der Waals surface area (Å²) >= 11 is 0. The van der Waals surface area contributed by atoms with Crippen molar-refractivity contribution in [1.82, 2.24) is 5.32 Å². The average molecular weight is 229 g/mol. The molecule has 1 saturated carbocycles. The Bertz CT molecular complexity index is 220. The van der Waals surface area contributed by atoms with Gasteiger partial charge in [-0.05, 0) is 38.6 Å². The van der Waals surface area contributed by atoms with Crippen LogP contribution in [0.3, 0.4) is 0 Å². The highest BCUT2D eigenvalue weighted by Crippen LogP contribution is 2.31. The van der Waals surface area contributed by atoms with E-state index in [-0.39, 0.29) is 5.92 Å². The van der Waals surface area contributed by atoms with Crippen LogP contribution in [-0.4, -0.2) is 37.4 Å². The van der Waals surface area contributed by atoms with E-state index in [0.717, 1.165) is 38.8 Å². The van der Waals surface area contributed by atoms with Crippen molar-refractivity contribution in [2.45, 2.75) is 38.6 Å². The molecule has 0 bridgehead atoms. The van der Waals surface area contributed by atoms with Crippen molar-refractivity contribution in [3.63, 3.8) is 0 Å². The van der Waals surface area contributed by atoms with Gasteiger partial charge in [-0.15, -0.1) is 0 Å². The van der Waals surface area contributed by atoms with Crippen LogP contribution in [0.5, 0.6) is 0 Å². The summed E-state index contributed by atoms with van der Waals surface area (Å²) in [6, 6.07) is 0.398. The first-order chi connectivity index (χ1) is 7.65. The zero-order valence-corrected chi connectivity index (χ0v) is 10.2. The third-order valence-corrected chi connectivity index (χ3v) is 3.46. The number of carboxylic acid groups (broad SMARTS) is 1. The third kappa shape index (κ3) is 4.10. The van der Waals surface area contributed by atoms with E-state index in [1.807, 2.05) is 0 Å². The molecule has 0 heterocycles. The highest BCUT2D eigenvalue weighted by atomic mass is 16.5. The molecule has 4 heteroatoms. The van der Waals surface area contributed by atoms with Crippen molar-refractivity contribution in [1.29, 1.82) is 0 Å². The van der Waals surface area contributed by atoms with Crippen LogP contribution in [0.4, 0.5) is 0 Å². The molecule has 4 nitrogen and oxygen atoms in total. The molecule has 0 aromatic rings. The Morgan fingerprint density at radius 1 is 1.56 bits per heavy atom. The number of ether oxygens (including phenoxy) is 1. The number of carbonyl (C=O) groups is 1. The van der Waals surface area contributed by atoms with Crippen LogP contribution in [0.1, 0.15) is 32.6 Å². The molecular formula is C12H23NO3. The zero-order valence-electron chi connectivity index (χ0n) is 10.2. The van der Waals surface area contributed by atoms with Gasteiger partial charge in [0.2, 0.25) is 0 Å². The Morgan fingerprint density at radius 2 is 2.31 bits per heavy atom. The van der Waals surface area contributed by atoms with Gasteiger partial charge in [-0.2, -0.15) is 0 Å². The number of rotatable bonds is 7. The fourth-order valence-electron chi connectivity index (χ4n) is 2.36. The van der Waals surface area contributed by atoms with Gasteiger partial charge >= 0.3 is 5.97 Å². The molecule has 3 atom stereocenters. The van der Waals surface area contributed by atoms with Crippen LogP contribution >= 0.6 is 0 Å². The molecule has 0 saturated heterocycles. The van der Waals surface area contributed by atoms with Crippen LogP contribution < -0.4 is 5.32 Å². The van der Waals surface area contributed by atoms with Gasteiger partial charge in [0, 0.05) is 19.8 Å². The van der Waals surface area contributed by atoms with Gasteiger partial charge in [-0.1, -0.05) is 6.42 Å². The molecule has 0 aliphatic heterocycles. The molecule has 0 radical (unpaired) electrons. The minimum absolute atomic E-state index is 0.137. The van der Waals surface area contributed by atoms with Gasteiger partial charge in [-0.3, -0.25) is 4.79 Å². The van der Waals surface area contributed by atoms with Gasteiger partial charge in [0.15, 0.2) is 0 Å². The van der Waals surface area contributed by atoms with Gasteiger partial charge in [0.05, 0.1) is 5.92 Å². The van der Waals surface area contributed by atoms with Gasteiger partial charge in [-0.25, -0.2) is 0 Å². The smallest absolute Gasteiger partial charge is 0.306 e. The van der Waals surface area contributed by atoms with E-state index in [4.69, 9.17) is 9.84 Å². The molecule has 1 aliphatic carbocycles. The van der Waals surface area contributed by atoms with Gasteiger partial charge in [0.25, 0.3) is 0 Å². The van der Waals surface area contributed by atoms with E-state index in [9.17, 15) is 4.79 Å². The second kappa shape index (κ2) is 6.86. The first kappa shape index (κ1) is 13.5. The molecule has 16 heavy (non-hydrogen) atoms. The molecule has 1 fully saturated rings. The maximum Gasteiger partial charge on any atom is 0.306 e. The lowest BCUT2D eigenvalue weighted by Crippen LogP contribution is -2.34. The monoisotopic (exact) mass is 229 g/mol. The lowest BCUT2D eigenvalue weighted by Gasteiger charge is -2.20. The number of hydrogen-bond acceptors (Lipinski definition) is 3. The molecule has 0 spiro atoms. The minimum atomic E-state index is -0.631. The molecule has 3 unspecified atom stereocenters. The fraction of sp³-hybridized carbons (Fsp3) is 0.917. The van der Waals surface area contributed by atoms with Gasteiger partial charge < -0.3 is 15.2 Å². The van der Waals surface area contributed by atoms with Gasteiger partial charge in [0.1, 0.15) is 0 Å². The van der Waals surface area contributed by atoms with Crippen molar-refractivity contribution in [2.24, 2.45) is 11.8 Å². The predicted molar refractivity (Wildman–Crippen MR) is 62.4 cm³/mol. The van der Waals surface area contributed by atoms with Crippen molar-refractivity contribution >= 4 is 5.97 Å². The number of methoxy groups -OCH3 is 1. The highest BCUT2D eigenvalue weighted by molar-refractivity contribution is 5.70. The summed E-state index contributed by atoms with van der Waals surface area (Å²) in [5, 5.41) is 12.4. The number of carboxylic acids is 1. The van der Waals surface area contributed by atoms with E-state index < -0.39 is 5.97 Å². The lowest BCUT2D eigenvalue weighted by molar-refractivity contribution is -0.142. The normalized spacial score (nSPS) is 26.9. The molecule has 94 valence electrons. The maximum atomic E-state index is 11.0. The van der Waals surface area contributed by atoms with E-state index in [0.29, 0.717) is 12.0 Å². The first-order valence-electron chi connectivity index (χ1n) is 6.10. The Kier molecular flexibility index (Phi) is 5.77. The fourth-order valence-corrected chi connectivity index (χ4v) is 2.36. The molecule has 1 aliphatic rings. The highest BCUT2D eigenvalue weighted by Gasteiger charge is 2.32. The summed E-state index contributed by atoms with van der Waals surface area (Å²) in [6.45, 7) is 3.69. The van der Waals surface area contributed by atoms with Crippen LogP contribution in [-0.2, 0) is 9.53 Å². The van der Waals surface area contributed by atoms with E-state index in [1.54, 1.807) is 7.11 Å². The maximum absolute atomic E-state index is 11.0. The van der Waals surface area contributed by atoms with Crippen LogP contribution in [0.15, 0.2) is 0 Å². The van der Waals surface area contributed by atoms with Crippen molar-refractivity contribution in [3.8, 4) is 0 Å².